The molecule has 1 aliphatic carbocycles. The van der Waals surface area contributed by atoms with E-state index in [4.69, 9.17) is 12.2 Å². The van der Waals surface area contributed by atoms with Gasteiger partial charge >= 0.3 is 0 Å². The van der Waals surface area contributed by atoms with E-state index in [9.17, 15) is 0 Å². The van der Waals surface area contributed by atoms with Crippen molar-refractivity contribution in [3.63, 3.8) is 0 Å². The van der Waals surface area contributed by atoms with Crippen LogP contribution in [-0.2, 0) is 12.8 Å². The number of anilines is 1. The summed E-state index contributed by atoms with van der Waals surface area (Å²) in [6, 6.07) is 0. The van der Waals surface area contributed by atoms with E-state index in [-0.39, 0.29) is 0 Å². The Balaban J connectivity index is 1.92. The Morgan fingerprint density at radius 1 is 1.47 bits per heavy atom. The zero-order valence-electron chi connectivity index (χ0n) is 10.0. The smallest absolute Gasteiger partial charge is 0.189 e. The molecule has 0 atom stereocenters. The predicted molar refractivity (Wildman–Crippen MR) is 77.8 cm³/mol. The summed E-state index contributed by atoms with van der Waals surface area (Å²) in [4.78, 5) is 5.99. The van der Waals surface area contributed by atoms with Gasteiger partial charge in [-0.2, -0.15) is 0 Å². The molecule has 0 aliphatic heterocycles. The van der Waals surface area contributed by atoms with Gasteiger partial charge < -0.3 is 10.6 Å². The van der Waals surface area contributed by atoms with Gasteiger partial charge in [-0.3, -0.25) is 0 Å². The molecule has 5 heteroatoms. The molecule has 1 aliphatic rings. The minimum atomic E-state index is 0.624. The minimum Gasteiger partial charge on any atom is -0.359 e. The summed E-state index contributed by atoms with van der Waals surface area (Å²) in [6.07, 6.45) is 4.82. The fourth-order valence-electron chi connectivity index (χ4n) is 1.78. The molecule has 0 unspecified atom stereocenters. The molecule has 0 aromatic carbocycles. The Kier molecular flexibility index (Phi) is 4.12. The Morgan fingerprint density at radius 3 is 2.94 bits per heavy atom. The van der Waals surface area contributed by atoms with Crippen LogP contribution in [0.5, 0.6) is 0 Å². The standard InChI is InChI=1S/C12H17N3S2/c1-8(2)7-13-11(16)15-12-14-9-5-3-4-6-10(9)17-12/h1,3-7H2,2H3,(H2,13,14,15,16). The van der Waals surface area contributed by atoms with Gasteiger partial charge in [-0.15, -0.1) is 11.3 Å². The van der Waals surface area contributed by atoms with Crippen molar-refractivity contribution in [2.24, 2.45) is 0 Å². The third-order valence-electron chi connectivity index (χ3n) is 2.62. The van der Waals surface area contributed by atoms with E-state index in [2.05, 4.69) is 22.2 Å². The molecular weight excluding hydrogens is 250 g/mol. The number of thiazole rings is 1. The molecule has 2 rings (SSSR count). The third-order valence-corrected chi connectivity index (χ3v) is 3.94. The number of nitrogens with one attached hydrogen (secondary N) is 2. The minimum absolute atomic E-state index is 0.624. The number of aryl methyl sites for hydroxylation is 2. The van der Waals surface area contributed by atoms with Gasteiger partial charge in [0.25, 0.3) is 0 Å². The first-order chi connectivity index (χ1) is 8.15. The molecule has 0 fully saturated rings. The Bertz CT molecular complexity index is 413. The van der Waals surface area contributed by atoms with Crippen LogP contribution in [0.1, 0.15) is 30.3 Å². The third kappa shape index (κ3) is 3.51. The average Bonchev–Trinajstić information content (AvgIpc) is 2.68. The number of fused-ring (bicyclic) bond motifs is 1. The molecule has 1 heterocycles. The quantitative estimate of drug-likeness (QED) is 0.652. The highest BCUT2D eigenvalue weighted by Gasteiger charge is 2.15. The first-order valence-electron chi connectivity index (χ1n) is 5.83. The molecule has 92 valence electrons. The lowest BCUT2D eigenvalue weighted by Crippen LogP contribution is -2.29. The molecule has 0 bridgehead atoms. The second-order valence-corrected chi connectivity index (χ2v) is 5.85. The number of rotatable bonds is 3. The van der Waals surface area contributed by atoms with E-state index in [1.165, 1.54) is 29.8 Å². The zero-order valence-corrected chi connectivity index (χ0v) is 11.6. The van der Waals surface area contributed by atoms with Gasteiger partial charge in [-0.05, 0) is 44.8 Å². The summed E-state index contributed by atoms with van der Waals surface area (Å²) < 4.78 is 0. The van der Waals surface area contributed by atoms with Crippen LogP contribution in [0.25, 0.3) is 0 Å². The topological polar surface area (TPSA) is 37.0 Å². The van der Waals surface area contributed by atoms with Crippen LogP contribution < -0.4 is 10.6 Å². The average molecular weight is 267 g/mol. The maximum atomic E-state index is 5.20. The highest BCUT2D eigenvalue weighted by Crippen LogP contribution is 2.29. The van der Waals surface area contributed by atoms with Crippen LogP contribution >= 0.6 is 23.6 Å². The largest absolute Gasteiger partial charge is 0.359 e. The van der Waals surface area contributed by atoms with Crippen molar-refractivity contribution in [2.75, 3.05) is 11.9 Å². The molecule has 0 radical (unpaired) electrons. The molecule has 0 saturated heterocycles. The normalized spacial score (nSPS) is 13.9. The van der Waals surface area contributed by atoms with Crippen molar-refractivity contribution in [3.05, 3.63) is 22.7 Å². The van der Waals surface area contributed by atoms with E-state index in [0.717, 1.165) is 17.1 Å². The maximum Gasteiger partial charge on any atom is 0.189 e. The van der Waals surface area contributed by atoms with Crippen molar-refractivity contribution in [1.29, 1.82) is 0 Å². The lowest BCUT2D eigenvalue weighted by molar-refractivity contribution is 0.683. The van der Waals surface area contributed by atoms with E-state index < -0.39 is 0 Å². The number of hydrogen-bond donors (Lipinski definition) is 2. The van der Waals surface area contributed by atoms with Crippen molar-refractivity contribution in [3.8, 4) is 0 Å². The van der Waals surface area contributed by atoms with Gasteiger partial charge in [0, 0.05) is 11.4 Å². The fourth-order valence-corrected chi connectivity index (χ4v) is 3.07. The second kappa shape index (κ2) is 5.60. The molecule has 0 saturated carbocycles. The number of thiocarbonyl (C=S) groups is 1. The molecule has 0 spiro atoms. The van der Waals surface area contributed by atoms with Gasteiger partial charge in [0.2, 0.25) is 0 Å². The summed E-state index contributed by atoms with van der Waals surface area (Å²) >= 11 is 6.92. The number of nitrogens with zero attached hydrogens (tertiary/aromatic N) is 1. The van der Waals surface area contributed by atoms with Gasteiger partial charge in [-0.1, -0.05) is 12.2 Å². The van der Waals surface area contributed by atoms with Crippen molar-refractivity contribution < 1.29 is 0 Å². The molecule has 1 aromatic heterocycles. The lowest BCUT2D eigenvalue weighted by atomic mass is 10.0. The predicted octanol–water partition coefficient (Wildman–Crippen LogP) is 2.88. The molecule has 17 heavy (non-hydrogen) atoms. The molecule has 1 aromatic rings. The summed E-state index contributed by atoms with van der Waals surface area (Å²) in [7, 11) is 0. The van der Waals surface area contributed by atoms with E-state index in [0.29, 0.717) is 11.7 Å². The number of aromatic nitrogens is 1. The van der Waals surface area contributed by atoms with E-state index >= 15 is 0 Å². The molecular formula is C12H17N3S2. The Labute approximate surface area is 111 Å². The summed E-state index contributed by atoms with van der Waals surface area (Å²) in [5.41, 5.74) is 2.32. The molecule has 0 amide bonds. The highest BCUT2D eigenvalue weighted by molar-refractivity contribution is 7.80. The molecule has 3 nitrogen and oxygen atoms in total. The van der Waals surface area contributed by atoms with Gasteiger partial charge in [0.05, 0.1) is 5.69 Å². The maximum absolute atomic E-state index is 5.20. The Morgan fingerprint density at radius 2 is 2.24 bits per heavy atom. The zero-order chi connectivity index (χ0) is 12.3. The highest BCUT2D eigenvalue weighted by atomic mass is 32.1. The summed E-state index contributed by atoms with van der Waals surface area (Å²) in [6.45, 7) is 6.50. The van der Waals surface area contributed by atoms with E-state index in [1.807, 2.05) is 6.92 Å². The Hall–Kier alpha value is -0.940. The van der Waals surface area contributed by atoms with Crippen LogP contribution in [0.3, 0.4) is 0 Å². The van der Waals surface area contributed by atoms with Crippen molar-refractivity contribution in [1.82, 2.24) is 10.3 Å². The van der Waals surface area contributed by atoms with Crippen LogP contribution in [0.2, 0.25) is 0 Å². The monoisotopic (exact) mass is 267 g/mol. The first-order valence-corrected chi connectivity index (χ1v) is 7.05. The van der Waals surface area contributed by atoms with Gasteiger partial charge in [0.1, 0.15) is 0 Å². The van der Waals surface area contributed by atoms with E-state index in [1.54, 1.807) is 11.3 Å². The van der Waals surface area contributed by atoms with Crippen LogP contribution in [0.4, 0.5) is 5.13 Å². The lowest BCUT2D eigenvalue weighted by Gasteiger charge is -2.07. The van der Waals surface area contributed by atoms with Crippen LogP contribution in [-0.4, -0.2) is 16.6 Å². The second-order valence-electron chi connectivity index (χ2n) is 4.36. The van der Waals surface area contributed by atoms with Crippen LogP contribution in [0, 0.1) is 0 Å². The first kappa shape index (κ1) is 12.5. The summed E-state index contributed by atoms with van der Waals surface area (Å²) in [5.74, 6) is 0. The van der Waals surface area contributed by atoms with Crippen molar-refractivity contribution >= 4 is 33.8 Å². The summed E-state index contributed by atoms with van der Waals surface area (Å²) in [5, 5.41) is 7.78. The molecule has 2 N–H and O–H groups in total. The fraction of sp³-hybridized carbons (Fsp3) is 0.500. The number of hydrogen-bond acceptors (Lipinski definition) is 3. The van der Waals surface area contributed by atoms with Gasteiger partial charge in [-0.25, -0.2) is 4.98 Å². The van der Waals surface area contributed by atoms with Crippen LogP contribution in [0.15, 0.2) is 12.2 Å². The van der Waals surface area contributed by atoms with Crippen molar-refractivity contribution in [2.45, 2.75) is 32.6 Å². The van der Waals surface area contributed by atoms with Gasteiger partial charge in [0.15, 0.2) is 10.2 Å². The SMILES string of the molecule is C=C(C)CNC(=S)Nc1nc2c(s1)CCCC2.